The van der Waals surface area contributed by atoms with Crippen LogP contribution in [-0.2, 0) is 6.54 Å². The lowest BCUT2D eigenvalue weighted by atomic mass is 9.82. The Kier molecular flexibility index (Phi) is 4.94. The minimum Gasteiger partial charge on any atom is -0.364 e. The lowest BCUT2D eigenvalue weighted by Gasteiger charge is -2.38. The largest absolute Gasteiger partial charge is 0.364 e. The van der Waals surface area contributed by atoms with Crippen LogP contribution in [-0.4, -0.2) is 17.1 Å². The molecular formula is C28H25FN4O. The van der Waals surface area contributed by atoms with Crippen molar-refractivity contribution in [1.82, 2.24) is 4.98 Å². The van der Waals surface area contributed by atoms with Gasteiger partial charge in [-0.15, -0.1) is 0 Å². The Morgan fingerprint density at radius 1 is 1.06 bits per heavy atom. The fourth-order valence-corrected chi connectivity index (χ4v) is 5.11. The van der Waals surface area contributed by atoms with Gasteiger partial charge in [0.15, 0.2) is 0 Å². The number of carbonyl (C=O) groups is 1. The van der Waals surface area contributed by atoms with Crippen molar-refractivity contribution >= 4 is 28.2 Å². The Bertz CT molecular complexity index is 1400. The van der Waals surface area contributed by atoms with Crippen molar-refractivity contribution < 1.29 is 9.18 Å². The predicted octanol–water partition coefficient (Wildman–Crippen LogP) is 5.70. The molecule has 1 aromatic heterocycles. The van der Waals surface area contributed by atoms with Gasteiger partial charge in [0.05, 0.1) is 16.9 Å². The quantitative estimate of drug-likeness (QED) is 0.408. The zero-order chi connectivity index (χ0) is 23.2. The lowest BCUT2D eigenvalue weighted by Crippen LogP contribution is -2.44. The summed E-state index contributed by atoms with van der Waals surface area (Å²) in [6, 6.07) is 22.6. The van der Waals surface area contributed by atoms with Gasteiger partial charge in [0.2, 0.25) is 0 Å². The number of fused-ring (bicyclic) bond motifs is 2. The third-order valence-electron chi connectivity index (χ3n) is 7.08. The first-order valence-corrected chi connectivity index (χ1v) is 11.7. The molecule has 0 saturated heterocycles. The molecule has 3 N–H and O–H groups in total. The SMILES string of the molecule is NC(=O)c1cc(-c2ccc(F)cc2)c2ccc(CN3c4ccccc4NC3C3CCC3)cc2n1. The van der Waals surface area contributed by atoms with Crippen LogP contribution in [0.3, 0.4) is 0 Å². The Balaban J connectivity index is 1.41. The van der Waals surface area contributed by atoms with Crippen molar-refractivity contribution in [3.63, 3.8) is 0 Å². The molecule has 2 heterocycles. The number of primary amides is 1. The third-order valence-corrected chi connectivity index (χ3v) is 7.08. The van der Waals surface area contributed by atoms with Gasteiger partial charge in [0.25, 0.3) is 5.91 Å². The fourth-order valence-electron chi connectivity index (χ4n) is 5.11. The van der Waals surface area contributed by atoms with E-state index < -0.39 is 5.91 Å². The molecule has 1 aliphatic carbocycles. The van der Waals surface area contributed by atoms with Crippen molar-refractivity contribution in [2.75, 3.05) is 10.2 Å². The van der Waals surface area contributed by atoms with Crippen LogP contribution in [0.2, 0.25) is 0 Å². The molecule has 5 nitrogen and oxygen atoms in total. The summed E-state index contributed by atoms with van der Waals surface area (Å²) in [6.45, 7) is 0.732. The smallest absolute Gasteiger partial charge is 0.267 e. The summed E-state index contributed by atoms with van der Waals surface area (Å²) in [7, 11) is 0. The highest BCUT2D eigenvalue weighted by Gasteiger charge is 2.37. The van der Waals surface area contributed by atoms with E-state index in [2.05, 4.69) is 45.5 Å². The molecule has 1 fully saturated rings. The number of hydrogen-bond acceptors (Lipinski definition) is 4. The van der Waals surface area contributed by atoms with Gasteiger partial charge in [-0.05, 0) is 71.8 Å². The normalized spacial score (nSPS) is 17.3. The van der Waals surface area contributed by atoms with Crippen LogP contribution in [0.1, 0.15) is 35.3 Å². The van der Waals surface area contributed by atoms with Crippen molar-refractivity contribution in [2.24, 2.45) is 11.7 Å². The highest BCUT2D eigenvalue weighted by Crippen LogP contribution is 2.43. The number of rotatable bonds is 5. The van der Waals surface area contributed by atoms with E-state index in [0.29, 0.717) is 11.4 Å². The molecular weight excluding hydrogens is 427 g/mol. The standard InChI is InChI=1S/C28H25FN4O/c29-20-11-9-18(10-12-20)22-15-25(27(30)34)31-24-14-17(8-13-21(22)24)16-33-26-7-2-1-6-23(26)32-28(33)19-4-3-5-19/h1-2,6-15,19,28,32H,3-5,16H2,(H2,30,34). The van der Waals surface area contributed by atoms with E-state index in [9.17, 15) is 9.18 Å². The van der Waals surface area contributed by atoms with Gasteiger partial charge in [0, 0.05) is 11.9 Å². The minimum absolute atomic E-state index is 0.199. The monoisotopic (exact) mass is 452 g/mol. The first-order valence-electron chi connectivity index (χ1n) is 11.7. The van der Waals surface area contributed by atoms with Crippen LogP contribution in [0, 0.1) is 11.7 Å². The number of halogens is 1. The van der Waals surface area contributed by atoms with E-state index in [1.54, 1.807) is 18.2 Å². The molecule has 6 rings (SSSR count). The molecule has 2 aliphatic rings. The zero-order valence-electron chi connectivity index (χ0n) is 18.7. The van der Waals surface area contributed by atoms with Crippen LogP contribution in [0.4, 0.5) is 15.8 Å². The molecule has 1 amide bonds. The maximum Gasteiger partial charge on any atom is 0.267 e. The molecule has 0 bridgehead atoms. The minimum atomic E-state index is -0.585. The maximum atomic E-state index is 13.5. The average molecular weight is 453 g/mol. The lowest BCUT2D eigenvalue weighted by molar-refractivity contribution is 0.0996. The highest BCUT2D eigenvalue weighted by molar-refractivity contribution is 6.01. The van der Waals surface area contributed by atoms with Gasteiger partial charge in [-0.3, -0.25) is 4.79 Å². The third kappa shape index (κ3) is 3.55. The number of pyridine rings is 1. The van der Waals surface area contributed by atoms with Crippen LogP contribution < -0.4 is 16.0 Å². The van der Waals surface area contributed by atoms with Gasteiger partial charge >= 0.3 is 0 Å². The zero-order valence-corrected chi connectivity index (χ0v) is 18.7. The van der Waals surface area contributed by atoms with Crippen LogP contribution in [0.25, 0.3) is 22.0 Å². The molecule has 1 unspecified atom stereocenters. The van der Waals surface area contributed by atoms with Crippen molar-refractivity contribution in [2.45, 2.75) is 32.0 Å². The second-order valence-electron chi connectivity index (χ2n) is 9.20. The van der Waals surface area contributed by atoms with Crippen molar-refractivity contribution in [3.8, 4) is 11.1 Å². The van der Waals surface area contributed by atoms with E-state index in [1.807, 2.05) is 12.1 Å². The molecule has 4 aromatic rings. The fraction of sp³-hybridized carbons (Fsp3) is 0.214. The first-order chi connectivity index (χ1) is 16.6. The predicted molar refractivity (Wildman–Crippen MR) is 133 cm³/mol. The van der Waals surface area contributed by atoms with E-state index in [-0.39, 0.29) is 17.7 Å². The number of carbonyl (C=O) groups excluding carboxylic acids is 1. The molecule has 0 spiro atoms. The Morgan fingerprint density at radius 3 is 2.59 bits per heavy atom. The molecule has 6 heteroatoms. The van der Waals surface area contributed by atoms with Gasteiger partial charge < -0.3 is 16.0 Å². The van der Waals surface area contributed by atoms with Crippen molar-refractivity contribution in [3.05, 3.63) is 89.9 Å². The molecule has 1 saturated carbocycles. The summed E-state index contributed by atoms with van der Waals surface area (Å²) in [6.07, 6.45) is 4.05. The number of aromatic nitrogens is 1. The number of nitrogens with two attached hydrogens (primary N) is 1. The topological polar surface area (TPSA) is 71.2 Å². The molecule has 3 aromatic carbocycles. The van der Waals surface area contributed by atoms with Crippen LogP contribution >= 0.6 is 0 Å². The number of benzene rings is 3. The second-order valence-corrected chi connectivity index (χ2v) is 9.20. The highest BCUT2D eigenvalue weighted by atomic mass is 19.1. The van der Waals surface area contributed by atoms with Crippen LogP contribution in [0.5, 0.6) is 0 Å². The van der Waals surface area contributed by atoms with Gasteiger partial charge in [-0.2, -0.15) is 0 Å². The Morgan fingerprint density at radius 2 is 1.85 bits per heavy atom. The maximum absolute atomic E-state index is 13.5. The summed E-state index contributed by atoms with van der Waals surface area (Å²) in [5.74, 6) is -0.254. The molecule has 1 aliphatic heterocycles. The van der Waals surface area contributed by atoms with Crippen molar-refractivity contribution in [1.29, 1.82) is 0 Å². The van der Waals surface area contributed by atoms with E-state index in [1.165, 1.54) is 42.8 Å². The number of para-hydroxylation sites is 2. The Labute approximate surface area is 197 Å². The van der Waals surface area contributed by atoms with Crippen LogP contribution in [0.15, 0.2) is 72.8 Å². The summed E-state index contributed by atoms with van der Waals surface area (Å²) in [5.41, 5.74) is 11.6. The molecule has 170 valence electrons. The number of anilines is 2. The molecule has 1 atom stereocenters. The van der Waals surface area contributed by atoms with E-state index in [4.69, 9.17) is 5.73 Å². The number of nitrogens with zero attached hydrogens (tertiary/aromatic N) is 2. The van der Waals surface area contributed by atoms with Gasteiger partial charge in [0.1, 0.15) is 17.7 Å². The van der Waals surface area contributed by atoms with E-state index >= 15 is 0 Å². The van der Waals surface area contributed by atoms with Gasteiger partial charge in [-0.25, -0.2) is 9.37 Å². The van der Waals surface area contributed by atoms with E-state index in [0.717, 1.165) is 28.6 Å². The Hall–Kier alpha value is -3.93. The number of amides is 1. The summed E-state index contributed by atoms with van der Waals surface area (Å²) < 4.78 is 13.5. The molecule has 0 radical (unpaired) electrons. The summed E-state index contributed by atoms with van der Waals surface area (Å²) >= 11 is 0. The second kappa shape index (κ2) is 8.13. The molecule has 34 heavy (non-hydrogen) atoms. The first kappa shape index (κ1) is 20.7. The summed E-state index contributed by atoms with van der Waals surface area (Å²) in [4.78, 5) is 19.0. The average Bonchev–Trinajstić information content (AvgIpc) is 3.15. The number of nitrogens with one attached hydrogen (secondary N) is 1. The summed E-state index contributed by atoms with van der Waals surface area (Å²) in [5, 5.41) is 4.62. The number of hydrogen-bond donors (Lipinski definition) is 2. The van der Waals surface area contributed by atoms with Gasteiger partial charge in [-0.1, -0.05) is 42.8 Å².